The summed E-state index contributed by atoms with van der Waals surface area (Å²) in [6, 6.07) is 50.4. The third kappa shape index (κ3) is 5.46. The van der Waals surface area contributed by atoms with Crippen molar-refractivity contribution in [2.75, 3.05) is 0 Å². The van der Waals surface area contributed by atoms with Crippen molar-refractivity contribution < 1.29 is 17.6 Å². The van der Waals surface area contributed by atoms with E-state index in [2.05, 4.69) is 83.4 Å². The van der Waals surface area contributed by atoms with E-state index < -0.39 is 23.3 Å². The fraction of sp³-hybridized carbons (Fsp3) is 0. The lowest BCUT2D eigenvalue weighted by Gasteiger charge is -2.15. The zero-order valence-electron chi connectivity index (χ0n) is 28.5. The van der Waals surface area contributed by atoms with Crippen LogP contribution in [0.3, 0.4) is 0 Å². The Bertz CT molecular complexity index is 2950. The fourth-order valence-electron chi connectivity index (χ4n) is 7.74. The minimum Gasteiger partial charge on any atom is -0.309 e. The van der Waals surface area contributed by atoms with Crippen LogP contribution in [0.4, 0.5) is 17.6 Å². The van der Waals surface area contributed by atoms with E-state index in [-0.39, 0.29) is 0 Å². The Labute approximate surface area is 311 Å². The molecule has 0 bridgehead atoms. The highest BCUT2D eigenvalue weighted by atomic mass is 32.1. The van der Waals surface area contributed by atoms with Crippen LogP contribution in [0.2, 0.25) is 0 Å². The number of hydrogen-bond acceptors (Lipinski definition) is 1. The summed E-state index contributed by atoms with van der Waals surface area (Å²) in [6.45, 7) is 0. The van der Waals surface area contributed by atoms with Crippen molar-refractivity contribution in [1.82, 2.24) is 4.57 Å². The van der Waals surface area contributed by atoms with Crippen molar-refractivity contribution in [3.8, 4) is 50.2 Å². The predicted octanol–water partition coefficient (Wildman–Crippen LogP) is 14.4. The molecule has 0 spiro atoms. The third-order valence-electron chi connectivity index (χ3n) is 10.2. The van der Waals surface area contributed by atoms with Gasteiger partial charge in [-0.1, -0.05) is 78.9 Å². The fourth-order valence-corrected chi connectivity index (χ4v) is 8.83. The largest absolute Gasteiger partial charge is 0.309 e. The van der Waals surface area contributed by atoms with E-state index in [0.29, 0.717) is 22.3 Å². The lowest BCUT2D eigenvalue weighted by Crippen LogP contribution is -1.97. The average Bonchev–Trinajstić information content (AvgIpc) is 3.72. The molecule has 0 aliphatic rings. The quantitative estimate of drug-likeness (QED) is 0.156. The first kappa shape index (κ1) is 32.2. The van der Waals surface area contributed by atoms with Crippen LogP contribution in [0, 0.1) is 23.3 Å². The number of benzene rings is 8. The Balaban J connectivity index is 1.13. The highest BCUT2D eigenvalue weighted by Crippen LogP contribution is 2.41. The van der Waals surface area contributed by atoms with Crippen LogP contribution in [0.25, 0.3) is 92.2 Å². The standard InChI is InChI=1S/C48H27F4NS/c49-35-19-33(20-36(50)26-35)31-13-16-45-41(23-31)42-24-32(34-21-37(51)27-38(52)22-34)14-17-46(42)53(45)44-7-3-1-5-39(44)29-11-9-28(10-12-29)30-15-18-48-43(25-30)40-6-2-4-8-47(40)54-48/h1-27H. The Hall–Kier alpha value is -6.50. The van der Waals surface area contributed by atoms with Crippen LogP contribution in [-0.2, 0) is 0 Å². The van der Waals surface area contributed by atoms with E-state index in [4.69, 9.17) is 0 Å². The summed E-state index contributed by atoms with van der Waals surface area (Å²) < 4.78 is 62.1. The molecule has 0 N–H and O–H groups in total. The predicted molar refractivity (Wildman–Crippen MR) is 215 cm³/mol. The van der Waals surface area contributed by atoms with Gasteiger partial charge in [-0.25, -0.2) is 17.6 Å². The second-order valence-electron chi connectivity index (χ2n) is 13.5. The number of hydrogen-bond donors (Lipinski definition) is 0. The lowest BCUT2D eigenvalue weighted by molar-refractivity contribution is 0.583. The molecule has 0 unspecified atom stereocenters. The molecule has 2 heterocycles. The summed E-state index contributed by atoms with van der Waals surface area (Å²) in [5.41, 5.74) is 9.08. The Morgan fingerprint density at radius 1 is 0.333 bits per heavy atom. The highest BCUT2D eigenvalue weighted by Gasteiger charge is 2.18. The smallest absolute Gasteiger partial charge is 0.126 e. The second-order valence-corrected chi connectivity index (χ2v) is 14.6. The molecule has 0 aliphatic carbocycles. The van der Waals surface area contributed by atoms with Crippen molar-refractivity contribution in [3.05, 3.63) is 187 Å². The van der Waals surface area contributed by atoms with Crippen molar-refractivity contribution in [2.24, 2.45) is 0 Å². The molecule has 6 heteroatoms. The number of nitrogens with zero attached hydrogens (tertiary/aromatic N) is 1. The summed E-state index contributed by atoms with van der Waals surface area (Å²) in [5, 5.41) is 4.17. The maximum Gasteiger partial charge on any atom is 0.126 e. The van der Waals surface area contributed by atoms with Crippen LogP contribution < -0.4 is 0 Å². The topological polar surface area (TPSA) is 4.93 Å². The highest BCUT2D eigenvalue weighted by molar-refractivity contribution is 7.25. The molecule has 258 valence electrons. The maximum absolute atomic E-state index is 14.3. The van der Waals surface area contributed by atoms with Crippen LogP contribution in [0.1, 0.15) is 0 Å². The minimum absolute atomic E-state index is 0.408. The monoisotopic (exact) mass is 725 g/mol. The van der Waals surface area contributed by atoms with Gasteiger partial charge in [-0.2, -0.15) is 0 Å². The van der Waals surface area contributed by atoms with Gasteiger partial charge >= 0.3 is 0 Å². The summed E-state index contributed by atoms with van der Waals surface area (Å²) in [4.78, 5) is 0. The van der Waals surface area contributed by atoms with Crippen LogP contribution in [0.15, 0.2) is 164 Å². The molecular formula is C48H27F4NS. The van der Waals surface area contributed by atoms with E-state index in [9.17, 15) is 17.6 Å². The Morgan fingerprint density at radius 3 is 1.43 bits per heavy atom. The van der Waals surface area contributed by atoms with Gasteiger partial charge in [0, 0.05) is 48.6 Å². The lowest BCUT2D eigenvalue weighted by atomic mass is 9.98. The van der Waals surface area contributed by atoms with Crippen LogP contribution in [0.5, 0.6) is 0 Å². The number of halogens is 4. The first-order valence-corrected chi connectivity index (χ1v) is 18.3. The molecule has 0 saturated carbocycles. The first-order chi connectivity index (χ1) is 26.4. The van der Waals surface area contributed by atoms with E-state index in [1.807, 2.05) is 48.5 Å². The molecular weight excluding hydrogens is 699 g/mol. The van der Waals surface area contributed by atoms with Gasteiger partial charge in [-0.15, -0.1) is 11.3 Å². The van der Waals surface area contributed by atoms with Crippen molar-refractivity contribution >= 4 is 53.3 Å². The van der Waals surface area contributed by atoms with Crippen LogP contribution in [-0.4, -0.2) is 4.57 Å². The molecule has 0 atom stereocenters. The zero-order valence-corrected chi connectivity index (χ0v) is 29.3. The molecule has 10 rings (SSSR count). The van der Waals surface area contributed by atoms with E-state index in [0.717, 1.165) is 61.9 Å². The molecule has 10 aromatic rings. The zero-order chi connectivity index (χ0) is 36.5. The van der Waals surface area contributed by atoms with Crippen molar-refractivity contribution in [1.29, 1.82) is 0 Å². The summed E-state index contributed by atoms with van der Waals surface area (Å²) >= 11 is 1.81. The first-order valence-electron chi connectivity index (χ1n) is 17.5. The van der Waals surface area contributed by atoms with Gasteiger partial charge in [-0.05, 0) is 112 Å². The van der Waals surface area contributed by atoms with Gasteiger partial charge < -0.3 is 4.57 Å². The summed E-state index contributed by atoms with van der Waals surface area (Å²) in [5.74, 6) is -2.65. The van der Waals surface area contributed by atoms with Gasteiger partial charge in [0.1, 0.15) is 23.3 Å². The normalized spacial score (nSPS) is 11.7. The third-order valence-corrected chi connectivity index (χ3v) is 11.4. The van der Waals surface area contributed by atoms with Gasteiger partial charge in [0.25, 0.3) is 0 Å². The van der Waals surface area contributed by atoms with Crippen LogP contribution >= 0.6 is 11.3 Å². The van der Waals surface area contributed by atoms with Gasteiger partial charge in [0.05, 0.1) is 16.7 Å². The molecule has 1 nitrogen and oxygen atoms in total. The molecule has 8 aromatic carbocycles. The number of rotatable bonds is 5. The number of thiophene rings is 1. The number of aromatic nitrogens is 1. The van der Waals surface area contributed by atoms with Gasteiger partial charge in [0.2, 0.25) is 0 Å². The second kappa shape index (κ2) is 12.6. The van der Waals surface area contributed by atoms with E-state index >= 15 is 0 Å². The Morgan fingerprint density at radius 2 is 0.796 bits per heavy atom. The molecule has 0 fully saturated rings. The van der Waals surface area contributed by atoms with Gasteiger partial charge in [0.15, 0.2) is 0 Å². The van der Waals surface area contributed by atoms with E-state index in [1.165, 1.54) is 44.4 Å². The summed E-state index contributed by atoms with van der Waals surface area (Å²) in [7, 11) is 0. The summed E-state index contributed by atoms with van der Waals surface area (Å²) in [6.07, 6.45) is 0. The molecule has 2 aromatic heterocycles. The van der Waals surface area contributed by atoms with Crippen molar-refractivity contribution in [3.63, 3.8) is 0 Å². The SMILES string of the molecule is Fc1cc(F)cc(-c2ccc3c(c2)c2cc(-c4cc(F)cc(F)c4)ccc2n3-c2ccccc2-c2ccc(-c3ccc4sc5ccccc5c4c3)cc2)c1. The number of fused-ring (bicyclic) bond motifs is 6. The maximum atomic E-state index is 14.3. The minimum atomic E-state index is -0.664. The van der Waals surface area contributed by atoms with Gasteiger partial charge in [-0.3, -0.25) is 0 Å². The molecule has 0 saturated heterocycles. The molecule has 54 heavy (non-hydrogen) atoms. The Kier molecular flexibility index (Phi) is 7.49. The average molecular weight is 726 g/mol. The molecule has 0 amide bonds. The molecule has 0 radical (unpaired) electrons. The van der Waals surface area contributed by atoms with Crippen molar-refractivity contribution in [2.45, 2.75) is 0 Å². The van der Waals surface area contributed by atoms with E-state index in [1.54, 1.807) is 11.3 Å². The number of para-hydroxylation sites is 1. The molecule has 0 aliphatic heterocycles.